The quantitative estimate of drug-likeness (QED) is 0.236. The van der Waals surface area contributed by atoms with Gasteiger partial charge in [0.1, 0.15) is 27.5 Å². The van der Waals surface area contributed by atoms with Gasteiger partial charge in [-0.3, -0.25) is 4.79 Å². The van der Waals surface area contributed by atoms with Crippen LogP contribution < -0.4 is 0 Å². The molecule has 2 heterocycles. The van der Waals surface area contributed by atoms with Crippen LogP contribution in [0.15, 0.2) is 53.6 Å². The number of aromatic nitrogens is 1. The van der Waals surface area contributed by atoms with Gasteiger partial charge in [0.15, 0.2) is 5.78 Å². The minimum Gasteiger partial charge on any atom is -0.289 e. The van der Waals surface area contributed by atoms with Crippen LogP contribution in [0.5, 0.6) is 0 Å². The van der Waals surface area contributed by atoms with Crippen LogP contribution in [0.4, 0.5) is 0 Å². The van der Waals surface area contributed by atoms with E-state index in [0.717, 1.165) is 19.4 Å². The summed E-state index contributed by atoms with van der Waals surface area (Å²) in [6, 6.07) is 17.4. The number of carbonyl (C=O) groups excluding carboxylic acids is 1. The van der Waals surface area contributed by atoms with Gasteiger partial charge in [0.05, 0.1) is 4.70 Å². The summed E-state index contributed by atoms with van der Waals surface area (Å²) in [5.41, 5.74) is 6.73. The Kier molecular flexibility index (Phi) is 5.06. The van der Waals surface area contributed by atoms with Crippen molar-refractivity contribution in [1.29, 1.82) is 10.5 Å². The van der Waals surface area contributed by atoms with E-state index in [4.69, 9.17) is 4.98 Å². The maximum Gasteiger partial charge on any atom is 0.194 e. The lowest BCUT2D eigenvalue weighted by atomic mass is 9.99. The van der Waals surface area contributed by atoms with Crippen LogP contribution in [-0.2, 0) is 0 Å². The largest absolute Gasteiger partial charge is 0.289 e. The van der Waals surface area contributed by atoms with Crippen molar-refractivity contribution in [1.82, 2.24) is 4.98 Å². The molecule has 33 heavy (non-hydrogen) atoms. The number of aryl methyl sites for hydroxylation is 3. The highest BCUT2D eigenvalue weighted by Crippen LogP contribution is 2.42. The van der Waals surface area contributed by atoms with Gasteiger partial charge in [-0.2, -0.15) is 10.5 Å². The number of fused-ring (bicyclic) bond motifs is 2. The number of benzene rings is 2. The predicted molar refractivity (Wildman–Crippen MR) is 134 cm³/mol. The van der Waals surface area contributed by atoms with Crippen LogP contribution in [0.25, 0.3) is 31.8 Å². The van der Waals surface area contributed by atoms with Crippen molar-refractivity contribution < 1.29 is 4.79 Å². The number of thiazole rings is 1. The highest BCUT2D eigenvalue weighted by Gasteiger charge is 2.32. The lowest BCUT2D eigenvalue weighted by molar-refractivity contribution is 0.104. The molecule has 0 bridgehead atoms. The molecule has 5 rings (SSSR count). The fourth-order valence-corrected chi connectivity index (χ4v) is 6.78. The molecule has 0 saturated carbocycles. The molecule has 158 valence electrons. The summed E-state index contributed by atoms with van der Waals surface area (Å²) in [6.45, 7) is 6.32. The summed E-state index contributed by atoms with van der Waals surface area (Å²) < 4.78 is 1.05. The van der Waals surface area contributed by atoms with Crippen LogP contribution in [0, 0.1) is 43.4 Å². The Morgan fingerprint density at radius 1 is 0.970 bits per heavy atom. The Morgan fingerprint density at radius 2 is 1.64 bits per heavy atom. The van der Waals surface area contributed by atoms with Crippen molar-refractivity contribution in [2.24, 2.45) is 0 Å². The van der Waals surface area contributed by atoms with Crippen molar-refractivity contribution in [2.45, 2.75) is 20.8 Å². The van der Waals surface area contributed by atoms with Gasteiger partial charge in [-0.05, 0) is 49.6 Å². The number of nitrogens with zero attached hydrogens (tertiary/aromatic N) is 3. The molecular weight excluding hydrogens is 446 g/mol. The summed E-state index contributed by atoms with van der Waals surface area (Å²) >= 11 is 3.14. The van der Waals surface area contributed by atoms with Crippen LogP contribution in [0.3, 0.4) is 0 Å². The Morgan fingerprint density at radius 3 is 2.27 bits per heavy atom. The Labute approximate surface area is 199 Å². The maximum absolute atomic E-state index is 13.1. The van der Waals surface area contributed by atoms with Crippen LogP contribution in [0.1, 0.15) is 37.5 Å². The summed E-state index contributed by atoms with van der Waals surface area (Å²) in [6.07, 6.45) is 1.79. The molecule has 0 fully saturated rings. The normalized spacial score (nSPS) is 13.9. The number of hydrogen-bond donors (Lipinski definition) is 0. The van der Waals surface area contributed by atoms with E-state index < -0.39 is 0 Å². The molecule has 2 aromatic carbocycles. The van der Waals surface area contributed by atoms with Crippen LogP contribution >= 0.6 is 22.7 Å². The molecule has 1 aliphatic rings. The second-order valence-electron chi connectivity index (χ2n) is 8.02. The zero-order valence-electron chi connectivity index (χ0n) is 18.2. The summed E-state index contributed by atoms with van der Waals surface area (Å²) in [4.78, 5) is 19.8. The SMILES string of the molecule is Cc1cc(C)c(-c2nc3sc(/C=C4\C(=O)c5ccccc5C4=C(C#N)C#N)cc3s2)c(C)c1. The molecule has 0 aliphatic heterocycles. The number of thiophene rings is 1. The molecule has 0 saturated heterocycles. The van der Waals surface area contributed by atoms with Crippen molar-refractivity contribution in [2.75, 3.05) is 0 Å². The van der Waals surface area contributed by atoms with Gasteiger partial charge < -0.3 is 0 Å². The number of ketones is 1. The predicted octanol–water partition coefficient (Wildman–Crippen LogP) is 7.03. The molecule has 0 atom stereocenters. The van der Waals surface area contributed by atoms with E-state index in [2.05, 4.69) is 32.9 Å². The van der Waals surface area contributed by atoms with Gasteiger partial charge in [0.2, 0.25) is 0 Å². The minimum atomic E-state index is -0.167. The van der Waals surface area contributed by atoms with Gasteiger partial charge in [-0.25, -0.2) is 4.98 Å². The van der Waals surface area contributed by atoms with E-state index in [1.54, 1.807) is 35.6 Å². The average Bonchev–Trinajstić information content (AvgIpc) is 3.41. The molecule has 2 aromatic heterocycles. The van der Waals surface area contributed by atoms with Crippen molar-refractivity contribution in [3.63, 3.8) is 0 Å². The maximum atomic E-state index is 13.1. The Bertz CT molecular complexity index is 1560. The summed E-state index contributed by atoms with van der Waals surface area (Å²) in [5.74, 6) is -0.167. The smallest absolute Gasteiger partial charge is 0.194 e. The zero-order chi connectivity index (χ0) is 23.3. The second-order valence-corrected chi connectivity index (χ2v) is 10.1. The first-order valence-corrected chi connectivity index (χ1v) is 11.9. The van der Waals surface area contributed by atoms with Crippen molar-refractivity contribution in [3.8, 4) is 22.7 Å². The molecule has 4 aromatic rings. The van der Waals surface area contributed by atoms with E-state index in [1.165, 1.54) is 33.6 Å². The monoisotopic (exact) mass is 463 g/mol. The minimum absolute atomic E-state index is 0.0522. The third-order valence-corrected chi connectivity index (χ3v) is 7.84. The van der Waals surface area contributed by atoms with Crippen molar-refractivity contribution in [3.05, 3.63) is 86.3 Å². The third kappa shape index (κ3) is 3.41. The molecular formula is C27H17N3OS2. The second kappa shape index (κ2) is 7.94. The van der Waals surface area contributed by atoms with E-state index in [9.17, 15) is 15.3 Å². The molecule has 0 amide bonds. The molecule has 0 unspecified atom stereocenters. The number of nitriles is 2. The number of hydrogen-bond acceptors (Lipinski definition) is 6. The lowest BCUT2D eigenvalue weighted by Gasteiger charge is -2.08. The molecule has 0 spiro atoms. The van der Waals surface area contributed by atoms with Gasteiger partial charge in [0, 0.05) is 27.2 Å². The average molecular weight is 464 g/mol. The van der Waals surface area contributed by atoms with Gasteiger partial charge >= 0.3 is 0 Å². The highest BCUT2D eigenvalue weighted by atomic mass is 32.1. The van der Waals surface area contributed by atoms with Crippen LogP contribution in [-0.4, -0.2) is 10.8 Å². The molecule has 6 heteroatoms. The van der Waals surface area contributed by atoms with Crippen molar-refractivity contribution >= 4 is 49.6 Å². The summed E-state index contributed by atoms with van der Waals surface area (Å²) in [5, 5.41) is 20.0. The van der Waals surface area contributed by atoms with E-state index in [-0.39, 0.29) is 11.4 Å². The first-order chi connectivity index (χ1) is 15.9. The van der Waals surface area contributed by atoms with E-state index >= 15 is 0 Å². The van der Waals surface area contributed by atoms with E-state index in [0.29, 0.717) is 22.3 Å². The van der Waals surface area contributed by atoms with Gasteiger partial charge in [-0.1, -0.05) is 42.0 Å². The fourth-order valence-electron chi connectivity index (χ4n) is 4.44. The molecule has 1 aliphatic carbocycles. The molecule has 0 radical (unpaired) electrons. The van der Waals surface area contributed by atoms with Gasteiger partial charge in [-0.15, -0.1) is 22.7 Å². The number of rotatable bonds is 2. The van der Waals surface area contributed by atoms with E-state index in [1.807, 2.05) is 24.3 Å². The van der Waals surface area contributed by atoms with Gasteiger partial charge in [0.25, 0.3) is 0 Å². The standard InChI is InChI=1S/C27H17N3OS2/c1-14-8-15(2)23(16(3)9-14)27-30-26-22(33-27)11-18(32-26)10-21-24(17(12-28)13-29)19-6-4-5-7-20(19)25(21)31/h4-11H,1-3H3/b21-10-. The Balaban J connectivity index is 1.61. The summed E-state index contributed by atoms with van der Waals surface area (Å²) in [7, 11) is 0. The highest BCUT2D eigenvalue weighted by molar-refractivity contribution is 7.29. The number of allylic oxidation sites excluding steroid dienone is 3. The first kappa shape index (κ1) is 21.0. The number of carbonyl (C=O) groups is 1. The fraction of sp³-hybridized carbons (Fsp3) is 0.111. The number of Topliss-reactive ketones (excluding diaryl/α,β-unsaturated/α-hetero) is 1. The first-order valence-electron chi connectivity index (χ1n) is 10.3. The topological polar surface area (TPSA) is 77.5 Å². The lowest BCUT2D eigenvalue weighted by Crippen LogP contribution is -1.95. The molecule has 0 N–H and O–H groups in total. The Hall–Kier alpha value is -3.84. The van der Waals surface area contributed by atoms with Crippen LogP contribution in [0.2, 0.25) is 0 Å². The zero-order valence-corrected chi connectivity index (χ0v) is 19.8. The third-order valence-electron chi connectivity index (χ3n) is 5.71. The molecule has 4 nitrogen and oxygen atoms in total.